The van der Waals surface area contributed by atoms with Gasteiger partial charge in [0, 0.05) is 24.8 Å². The smallest absolute Gasteiger partial charge is 0.224 e. The van der Waals surface area contributed by atoms with Crippen molar-refractivity contribution in [2.24, 2.45) is 0 Å². The molecule has 106 valence electrons. The molecule has 2 heterocycles. The van der Waals surface area contributed by atoms with Gasteiger partial charge in [0.05, 0.1) is 11.6 Å². The lowest BCUT2D eigenvalue weighted by molar-refractivity contribution is 0.872. The molecule has 21 heavy (non-hydrogen) atoms. The molecule has 0 fully saturated rings. The Morgan fingerprint density at radius 2 is 1.76 bits per heavy atom. The zero-order chi connectivity index (χ0) is 14.7. The van der Waals surface area contributed by atoms with Gasteiger partial charge in [0.15, 0.2) is 0 Å². The Morgan fingerprint density at radius 3 is 2.52 bits per heavy atom. The van der Waals surface area contributed by atoms with Gasteiger partial charge in [0.25, 0.3) is 0 Å². The van der Waals surface area contributed by atoms with Crippen molar-refractivity contribution in [3.63, 3.8) is 0 Å². The average Bonchev–Trinajstić information content (AvgIpc) is 2.55. The molecule has 1 unspecified atom stereocenters. The summed E-state index contributed by atoms with van der Waals surface area (Å²) in [6.45, 7) is 2.10. The molecule has 0 aliphatic rings. The summed E-state index contributed by atoms with van der Waals surface area (Å²) in [6, 6.07) is 12.1. The first kappa shape index (κ1) is 13.3. The van der Waals surface area contributed by atoms with Crippen LogP contribution >= 0.6 is 0 Å². The second-order valence-corrected chi connectivity index (χ2v) is 4.81. The molecule has 3 rings (SSSR count). The van der Waals surface area contributed by atoms with Gasteiger partial charge in [-0.15, -0.1) is 0 Å². The number of nitrogens with zero attached hydrogens (tertiary/aromatic N) is 3. The van der Waals surface area contributed by atoms with Gasteiger partial charge in [-0.05, 0) is 36.8 Å². The Morgan fingerprint density at radius 1 is 1.00 bits per heavy atom. The van der Waals surface area contributed by atoms with Crippen molar-refractivity contribution in [2.75, 3.05) is 17.7 Å². The molecule has 0 radical (unpaired) electrons. The number of rotatable bonds is 4. The van der Waals surface area contributed by atoms with Gasteiger partial charge >= 0.3 is 0 Å². The molecule has 1 aromatic carbocycles. The standard InChI is InChI=1S/C16H17N5/c1-11(12-7-9-18-10-8-12)19-15-13-5-3-4-6-14(13)20-16(17-2)21-15/h3-11H,1-2H3,(H2,17,19,20,21). The second-order valence-electron chi connectivity index (χ2n) is 4.81. The highest BCUT2D eigenvalue weighted by Gasteiger charge is 2.10. The predicted octanol–water partition coefficient (Wildman–Crippen LogP) is 3.24. The van der Waals surface area contributed by atoms with E-state index in [9.17, 15) is 0 Å². The Balaban J connectivity index is 1.99. The van der Waals surface area contributed by atoms with Crippen LogP contribution in [0.3, 0.4) is 0 Å². The molecule has 3 aromatic rings. The van der Waals surface area contributed by atoms with Crippen molar-refractivity contribution >= 4 is 22.7 Å². The largest absolute Gasteiger partial charge is 0.363 e. The van der Waals surface area contributed by atoms with E-state index in [0.717, 1.165) is 16.7 Å². The summed E-state index contributed by atoms with van der Waals surface area (Å²) < 4.78 is 0. The third kappa shape index (κ3) is 2.76. The maximum Gasteiger partial charge on any atom is 0.224 e. The topological polar surface area (TPSA) is 62.7 Å². The van der Waals surface area contributed by atoms with E-state index in [0.29, 0.717) is 5.95 Å². The van der Waals surface area contributed by atoms with E-state index in [2.05, 4.69) is 32.5 Å². The van der Waals surface area contributed by atoms with E-state index >= 15 is 0 Å². The van der Waals surface area contributed by atoms with E-state index < -0.39 is 0 Å². The second kappa shape index (κ2) is 5.75. The Kier molecular flexibility index (Phi) is 3.64. The summed E-state index contributed by atoms with van der Waals surface area (Å²) in [5.41, 5.74) is 2.08. The van der Waals surface area contributed by atoms with Crippen molar-refractivity contribution < 1.29 is 0 Å². The van der Waals surface area contributed by atoms with Crippen LogP contribution in [0.5, 0.6) is 0 Å². The molecule has 5 nitrogen and oxygen atoms in total. The molecule has 2 aromatic heterocycles. The van der Waals surface area contributed by atoms with Crippen LogP contribution in [0.25, 0.3) is 10.9 Å². The first-order valence-electron chi connectivity index (χ1n) is 6.89. The van der Waals surface area contributed by atoms with Crippen molar-refractivity contribution in [2.45, 2.75) is 13.0 Å². The lowest BCUT2D eigenvalue weighted by Crippen LogP contribution is -2.10. The van der Waals surface area contributed by atoms with Crippen LogP contribution < -0.4 is 10.6 Å². The quantitative estimate of drug-likeness (QED) is 0.767. The Labute approximate surface area is 123 Å². The number of aromatic nitrogens is 3. The fraction of sp³-hybridized carbons (Fsp3) is 0.188. The van der Waals surface area contributed by atoms with Crippen LogP contribution in [0.4, 0.5) is 11.8 Å². The van der Waals surface area contributed by atoms with Crippen molar-refractivity contribution in [3.8, 4) is 0 Å². The van der Waals surface area contributed by atoms with Gasteiger partial charge in [-0.1, -0.05) is 12.1 Å². The highest BCUT2D eigenvalue weighted by Crippen LogP contribution is 2.25. The molecule has 0 aliphatic heterocycles. The third-order valence-electron chi connectivity index (χ3n) is 3.39. The van der Waals surface area contributed by atoms with Gasteiger partial charge in [0.2, 0.25) is 5.95 Å². The molecule has 0 saturated carbocycles. The third-order valence-corrected chi connectivity index (χ3v) is 3.39. The van der Waals surface area contributed by atoms with Crippen LogP contribution in [-0.4, -0.2) is 22.0 Å². The number of nitrogens with one attached hydrogen (secondary N) is 2. The van der Waals surface area contributed by atoms with Gasteiger partial charge in [-0.25, -0.2) is 4.98 Å². The average molecular weight is 279 g/mol. The molecular formula is C16H17N5. The number of hydrogen-bond acceptors (Lipinski definition) is 5. The molecule has 0 spiro atoms. The minimum atomic E-state index is 0.135. The SMILES string of the molecule is CNc1nc(NC(C)c2ccncc2)c2ccccc2n1. The lowest BCUT2D eigenvalue weighted by atomic mass is 10.1. The monoisotopic (exact) mass is 279 g/mol. The molecular weight excluding hydrogens is 262 g/mol. The fourth-order valence-corrected chi connectivity index (χ4v) is 2.24. The van der Waals surface area contributed by atoms with Crippen LogP contribution in [0.15, 0.2) is 48.8 Å². The molecule has 0 aliphatic carbocycles. The molecule has 0 bridgehead atoms. The van der Waals surface area contributed by atoms with Crippen LogP contribution in [0, 0.1) is 0 Å². The van der Waals surface area contributed by atoms with Gasteiger partial charge in [-0.3, -0.25) is 4.98 Å². The molecule has 0 saturated heterocycles. The molecule has 1 atom stereocenters. The van der Waals surface area contributed by atoms with Crippen LogP contribution in [0.2, 0.25) is 0 Å². The van der Waals surface area contributed by atoms with E-state index in [1.807, 2.05) is 43.4 Å². The van der Waals surface area contributed by atoms with Crippen LogP contribution in [-0.2, 0) is 0 Å². The normalized spacial score (nSPS) is 12.1. The Bertz CT molecular complexity index is 742. The minimum absolute atomic E-state index is 0.135. The molecule has 0 amide bonds. The van der Waals surface area contributed by atoms with E-state index in [1.54, 1.807) is 12.4 Å². The van der Waals surface area contributed by atoms with Gasteiger partial charge in [-0.2, -0.15) is 4.98 Å². The number of anilines is 2. The predicted molar refractivity (Wildman–Crippen MR) is 85.4 cm³/mol. The number of fused-ring (bicyclic) bond motifs is 1. The first-order valence-corrected chi connectivity index (χ1v) is 6.89. The van der Waals surface area contributed by atoms with Gasteiger partial charge < -0.3 is 10.6 Å². The summed E-state index contributed by atoms with van der Waals surface area (Å²) in [4.78, 5) is 13.0. The van der Waals surface area contributed by atoms with Crippen molar-refractivity contribution in [3.05, 3.63) is 54.4 Å². The fourth-order valence-electron chi connectivity index (χ4n) is 2.24. The number of para-hydroxylation sites is 1. The number of benzene rings is 1. The van der Waals surface area contributed by atoms with E-state index in [-0.39, 0.29) is 6.04 Å². The van der Waals surface area contributed by atoms with Crippen molar-refractivity contribution in [1.29, 1.82) is 0 Å². The van der Waals surface area contributed by atoms with Gasteiger partial charge in [0.1, 0.15) is 5.82 Å². The Hall–Kier alpha value is -2.69. The molecule has 2 N–H and O–H groups in total. The van der Waals surface area contributed by atoms with E-state index in [4.69, 9.17) is 0 Å². The number of pyridine rings is 1. The summed E-state index contributed by atoms with van der Waals surface area (Å²) in [6.07, 6.45) is 3.59. The molecule has 5 heteroatoms. The van der Waals surface area contributed by atoms with E-state index in [1.165, 1.54) is 5.56 Å². The maximum absolute atomic E-state index is 4.54. The first-order chi connectivity index (χ1) is 10.3. The minimum Gasteiger partial charge on any atom is -0.363 e. The summed E-state index contributed by atoms with van der Waals surface area (Å²) in [5.74, 6) is 1.44. The summed E-state index contributed by atoms with van der Waals surface area (Å²) in [5, 5.41) is 7.47. The zero-order valence-corrected chi connectivity index (χ0v) is 12.0. The van der Waals surface area contributed by atoms with Crippen LogP contribution in [0.1, 0.15) is 18.5 Å². The number of hydrogen-bond donors (Lipinski definition) is 2. The summed E-state index contributed by atoms with van der Waals surface area (Å²) >= 11 is 0. The lowest BCUT2D eigenvalue weighted by Gasteiger charge is -2.16. The maximum atomic E-state index is 4.54. The highest BCUT2D eigenvalue weighted by atomic mass is 15.1. The zero-order valence-electron chi connectivity index (χ0n) is 12.0. The van der Waals surface area contributed by atoms with Crippen molar-refractivity contribution in [1.82, 2.24) is 15.0 Å². The summed E-state index contributed by atoms with van der Waals surface area (Å²) in [7, 11) is 1.82. The highest BCUT2D eigenvalue weighted by molar-refractivity contribution is 5.90.